The van der Waals surface area contributed by atoms with Gasteiger partial charge in [0.15, 0.2) is 0 Å². The number of nitrogen functional groups attached to an aromatic ring is 1. The molecule has 1 saturated heterocycles. The normalized spacial score (nSPS) is 21.2. The molecule has 0 unspecified atom stereocenters. The van der Waals surface area contributed by atoms with Gasteiger partial charge in [-0.2, -0.15) is 4.98 Å². The minimum absolute atomic E-state index is 0.0685. The Hall–Kier alpha value is -1.77. The zero-order chi connectivity index (χ0) is 15.5. The number of nitrogens with two attached hydrogens (primary N) is 2. The molecule has 1 aromatic carbocycles. The van der Waals surface area contributed by atoms with Gasteiger partial charge in [0.25, 0.3) is 0 Å². The highest BCUT2D eigenvalue weighted by Gasteiger charge is 2.30. The SMILES string of the molecule is CN(C)c1ccc([C@@H]2[NH2+]C[C@@H](CSc3n[nH]c(N)n3)O2)cc1. The average Bonchev–Trinajstić information content (AvgIpc) is 3.14. The van der Waals surface area contributed by atoms with Crippen molar-refractivity contribution in [3.8, 4) is 0 Å². The van der Waals surface area contributed by atoms with Crippen molar-refractivity contribution in [2.75, 3.05) is 37.0 Å². The van der Waals surface area contributed by atoms with Gasteiger partial charge in [-0.1, -0.05) is 11.8 Å². The molecule has 0 amide bonds. The van der Waals surface area contributed by atoms with E-state index in [1.54, 1.807) is 11.8 Å². The third kappa shape index (κ3) is 3.52. The maximum atomic E-state index is 6.09. The number of hydrogen-bond donors (Lipinski definition) is 3. The second-order valence-electron chi connectivity index (χ2n) is 5.45. The van der Waals surface area contributed by atoms with Gasteiger partial charge in [0, 0.05) is 31.1 Å². The van der Waals surface area contributed by atoms with E-state index in [0.29, 0.717) is 11.1 Å². The Kier molecular flexibility index (Phi) is 4.51. The van der Waals surface area contributed by atoms with Crippen LogP contribution >= 0.6 is 11.8 Å². The van der Waals surface area contributed by atoms with Gasteiger partial charge in [-0.25, -0.2) is 5.10 Å². The number of thioether (sulfide) groups is 1. The number of aromatic amines is 1. The highest BCUT2D eigenvalue weighted by atomic mass is 32.2. The third-order valence-corrected chi connectivity index (χ3v) is 4.55. The van der Waals surface area contributed by atoms with Gasteiger partial charge in [-0.05, 0) is 24.3 Å². The van der Waals surface area contributed by atoms with Gasteiger partial charge >= 0.3 is 0 Å². The molecule has 118 valence electrons. The number of nitrogens with zero attached hydrogens (tertiary/aromatic N) is 3. The van der Waals surface area contributed by atoms with Gasteiger partial charge in [-0.3, -0.25) is 0 Å². The summed E-state index contributed by atoms with van der Waals surface area (Å²) >= 11 is 1.56. The summed E-state index contributed by atoms with van der Waals surface area (Å²) in [7, 11) is 4.08. The third-order valence-electron chi connectivity index (χ3n) is 3.57. The second-order valence-corrected chi connectivity index (χ2v) is 6.44. The molecule has 7 nitrogen and oxygen atoms in total. The molecule has 1 fully saturated rings. The van der Waals surface area contributed by atoms with Crippen LogP contribution in [0.3, 0.4) is 0 Å². The van der Waals surface area contributed by atoms with E-state index in [1.165, 1.54) is 11.3 Å². The molecule has 3 rings (SSSR count). The first-order valence-corrected chi connectivity index (χ1v) is 8.17. The van der Waals surface area contributed by atoms with Crippen LogP contribution in [0.1, 0.15) is 11.8 Å². The van der Waals surface area contributed by atoms with Crippen molar-refractivity contribution in [2.24, 2.45) is 0 Å². The molecule has 0 radical (unpaired) electrons. The summed E-state index contributed by atoms with van der Waals surface area (Å²) in [5, 5.41) is 9.54. The number of anilines is 2. The van der Waals surface area contributed by atoms with Crippen molar-refractivity contribution in [3.63, 3.8) is 0 Å². The predicted molar refractivity (Wildman–Crippen MR) is 86.7 cm³/mol. The lowest BCUT2D eigenvalue weighted by Gasteiger charge is -2.14. The van der Waals surface area contributed by atoms with Crippen molar-refractivity contribution < 1.29 is 10.1 Å². The largest absolute Gasteiger partial charge is 0.378 e. The van der Waals surface area contributed by atoms with Crippen LogP contribution < -0.4 is 16.0 Å². The van der Waals surface area contributed by atoms with Crippen molar-refractivity contribution in [1.29, 1.82) is 0 Å². The number of hydrogen-bond acceptors (Lipinski definition) is 6. The van der Waals surface area contributed by atoms with Gasteiger partial charge in [0.05, 0.1) is 0 Å². The summed E-state index contributed by atoms with van der Waals surface area (Å²) in [5.74, 6) is 1.17. The number of rotatable bonds is 5. The lowest BCUT2D eigenvalue weighted by molar-refractivity contribution is -0.697. The van der Waals surface area contributed by atoms with Crippen molar-refractivity contribution in [1.82, 2.24) is 15.2 Å². The van der Waals surface area contributed by atoms with Crippen LogP contribution in [0.15, 0.2) is 29.4 Å². The van der Waals surface area contributed by atoms with E-state index < -0.39 is 0 Å². The summed E-state index contributed by atoms with van der Waals surface area (Å²) in [6.45, 7) is 0.938. The van der Waals surface area contributed by atoms with E-state index in [2.05, 4.69) is 49.7 Å². The average molecular weight is 321 g/mol. The Morgan fingerprint density at radius 2 is 2.18 bits per heavy atom. The maximum absolute atomic E-state index is 6.09. The first-order chi connectivity index (χ1) is 10.6. The van der Waals surface area contributed by atoms with Crippen molar-refractivity contribution in [3.05, 3.63) is 29.8 Å². The molecule has 0 saturated carbocycles. The smallest absolute Gasteiger partial charge is 0.217 e. The van der Waals surface area contributed by atoms with Crippen LogP contribution in [0.4, 0.5) is 11.6 Å². The maximum Gasteiger partial charge on any atom is 0.217 e. The van der Waals surface area contributed by atoms with Crippen LogP contribution in [-0.2, 0) is 4.74 Å². The predicted octanol–water partition coefficient (Wildman–Crippen LogP) is 0.206. The fraction of sp³-hybridized carbons (Fsp3) is 0.429. The van der Waals surface area contributed by atoms with E-state index in [-0.39, 0.29) is 12.3 Å². The molecule has 5 N–H and O–H groups in total. The molecule has 2 heterocycles. The fourth-order valence-corrected chi connectivity index (χ4v) is 3.19. The summed E-state index contributed by atoms with van der Waals surface area (Å²) in [5.41, 5.74) is 7.90. The zero-order valence-corrected chi connectivity index (χ0v) is 13.5. The highest BCUT2D eigenvalue weighted by Crippen LogP contribution is 2.22. The van der Waals surface area contributed by atoms with Crippen LogP contribution in [0.25, 0.3) is 0 Å². The molecular weight excluding hydrogens is 300 g/mol. The molecule has 0 aliphatic carbocycles. The fourth-order valence-electron chi connectivity index (χ4n) is 2.37. The van der Waals surface area contributed by atoms with E-state index in [9.17, 15) is 0 Å². The van der Waals surface area contributed by atoms with Crippen LogP contribution in [0.5, 0.6) is 0 Å². The minimum atomic E-state index is 0.0685. The van der Waals surface area contributed by atoms with Gasteiger partial charge < -0.3 is 20.7 Å². The summed E-state index contributed by atoms with van der Waals surface area (Å²) in [4.78, 5) is 6.17. The Morgan fingerprint density at radius 3 is 2.82 bits per heavy atom. The lowest BCUT2D eigenvalue weighted by atomic mass is 10.2. The van der Waals surface area contributed by atoms with Crippen LogP contribution in [0, 0.1) is 0 Å². The summed E-state index contributed by atoms with van der Waals surface area (Å²) in [6, 6.07) is 8.49. The first-order valence-electron chi connectivity index (χ1n) is 7.18. The van der Waals surface area contributed by atoms with E-state index in [4.69, 9.17) is 10.5 Å². The zero-order valence-electron chi connectivity index (χ0n) is 12.7. The Bertz CT molecular complexity index is 614. The molecule has 0 bridgehead atoms. The second kappa shape index (κ2) is 6.55. The molecule has 1 aromatic heterocycles. The van der Waals surface area contributed by atoms with E-state index in [1.807, 2.05) is 14.1 Å². The van der Waals surface area contributed by atoms with Crippen LogP contribution in [-0.4, -0.2) is 47.7 Å². The molecule has 0 spiro atoms. The van der Waals surface area contributed by atoms with Crippen molar-refractivity contribution in [2.45, 2.75) is 17.5 Å². The van der Waals surface area contributed by atoms with Crippen LogP contribution in [0.2, 0.25) is 0 Å². The molecule has 2 atom stereocenters. The highest BCUT2D eigenvalue weighted by molar-refractivity contribution is 7.99. The standard InChI is InChI=1S/C14H20N6OS/c1-20(2)10-5-3-9(4-6-10)12-16-7-11(21-12)8-22-14-17-13(15)18-19-14/h3-6,11-12,16H,7-8H2,1-2H3,(H3,15,17,18,19)/p+1/t11-,12+/m0/s1. The van der Waals surface area contributed by atoms with Gasteiger partial charge in [-0.15, -0.1) is 5.10 Å². The van der Waals surface area contributed by atoms with E-state index >= 15 is 0 Å². The Balaban J connectivity index is 1.53. The lowest BCUT2D eigenvalue weighted by Crippen LogP contribution is -2.82. The number of H-pyrrole nitrogens is 1. The summed E-state index contributed by atoms with van der Waals surface area (Å²) in [6.07, 6.45) is 0.252. The molecule has 22 heavy (non-hydrogen) atoms. The number of quaternary nitrogens is 1. The van der Waals surface area contributed by atoms with E-state index in [0.717, 1.165) is 12.3 Å². The number of ether oxygens (including phenoxy) is 1. The molecule has 8 heteroatoms. The molecule has 2 aromatic rings. The number of benzene rings is 1. The first kappa shape index (κ1) is 15.1. The quantitative estimate of drug-likeness (QED) is 0.681. The van der Waals surface area contributed by atoms with Gasteiger partial charge in [0.1, 0.15) is 12.6 Å². The monoisotopic (exact) mass is 321 g/mol. The van der Waals surface area contributed by atoms with Crippen molar-refractivity contribution >= 4 is 23.4 Å². The minimum Gasteiger partial charge on any atom is -0.378 e. The van der Waals surface area contributed by atoms with Gasteiger partial charge in [0.2, 0.25) is 17.3 Å². The number of nitrogens with one attached hydrogen (secondary N) is 1. The molecule has 1 aliphatic heterocycles. The number of aromatic nitrogens is 3. The topological polar surface area (TPSA) is 96.7 Å². The molecular formula is C14H21N6OS+. The molecule has 1 aliphatic rings. The Labute approximate surface area is 133 Å². The Morgan fingerprint density at radius 1 is 1.41 bits per heavy atom. The summed E-state index contributed by atoms with van der Waals surface area (Å²) < 4.78 is 6.09.